The number of rotatable bonds is 10. The van der Waals surface area contributed by atoms with Gasteiger partial charge in [0.05, 0.1) is 36.6 Å². The average Bonchev–Trinajstić information content (AvgIpc) is 3.03. The van der Waals surface area contributed by atoms with E-state index in [0.717, 1.165) is 16.8 Å². The van der Waals surface area contributed by atoms with E-state index < -0.39 is 5.92 Å². The highest BCUT2D eigenvalue weighted by molar-refractivity contribution is 5.97. The smallest absolute Gasteiger partial charge is 0.321 e. The summed E-state index contributed by atoms with van der Waals surface area (Å²) in [4.78, 5) is 23.4. The maximum atomic E-state index is 13.4. The number of nitriles is 1. The largest absolute Gasteiger partial charge is 0.493 e. The summed E-state index contributed by atoms with van der Waals surface area (Å²) in [6.45, 7) is 7.80. The van der Waals surface area contributed by atoms with Gasteiger partial charge in [-0.15, -0.1) is 0 Å². The van der Waals surface area contributed by atoms with Crippen LogP contribution in [0.2, 0.25) is 0 Å². The molecular weight excluding hydrogens is 582 g/mol. The van der Waals surface area contributed by atoms with Gasteiger partial charge in [0, 0.05) is 82.0 Å². The fourth-order valence-electron chi connectivity index (χ4n) is 5.68. The van der Waals surface area contributed by atoms with Crippen molar-refractivity contribution < 1.29 is 27.8 Å². The Balaban J connectivity index is 1.22. The first-order valence-corrected chi connectivity index (χ1v) is 15.4. The van der Waals surface area contributed by atoms with Gasteiger partial charge in [0.2, 0.25) is 0 Å². The minimum absolute atomic E-state index is 0.0700. The van der Waals surface area contributed by atoms with Crippen molar-refractivity contribution in [1.29, 1.82) is 5.26 Å². The van der Waals surface area contributed by atoms with Crippen LogP contribution in [-0.4, -0.2) is 92.4 Å². The number of pyridine rings is 1. The molecule has 2 saturated heterocycles. The third-order valence-electron chi connectivity index (χ3n) is 8.07. The van der Waals surface area contributed by atoms with Crippen LogP contribution in [0, 0.1) is 11.3 Å². The monoisotopic (exact) mass is 622 g/mol. The number of nitrogens with zero attached hydrogens (tertiary/aromatic N) is 5. The number of benzene rings is 2. The molecule has 2 fully saturated rings. The van der Waals surface area contributed by atoms with Crippen LogP contribution in [0.15, 0.2) is 42.6 Å². The van der Waals surface area contributed by atoms with Crippen molar-refractivity contribution in [1.82, 2.24) is 14.8 Å². The number of alkyl halides is 2. The lowest BCUT2D eigenvalue weighted by atomic mass is 10.1. The summed E-state index contributed by atoms with van der Waals surface area (Å²) in [6.07, 6.45) is 2.12. The summed E-state index contributed by atoms with van der Waals surface area (Å²) in [6, 6.07) is 13.0. The van der Waals surface area contributed by atoms with Crippen LogP contribution >= 0.6 is 0 Å². The molecule has 0 atom stereocenters. The third-order valence-corrected chi connectivity index (χ3v) is 8.07. The van der Waals surface area contributed by atoms with Crippen molar-refractivity contribution in [2.24, 2.45) is 0 Å². The Morgan fingerprint density at radius 2 is 1.78 bits per heavy atom. The molecule has 2 aliphatic rings. The van der Waals surface area contributed by atoms with E-state index in [2.05, 4.69) is 21.3 Å². The number of aromatic nitrogens is 1. The van der Waals surface area contributed by atoms with Crippen molar-refractivity contribution in [3.8, 4) is 23.3 Å². The Morgan fingerprint density at radius 3 is 2.42 bits per heavy atom. The molecule has 0 spiro atoms. The summed E-state index contributed by atoms with van der Waals surface area (Å²) in [5, 5.41) is 13.6. The van der Waals surface area contributed by atoms with E-state index in [4.69, 9.17) is 14.2 Å². The summed E-state index contributed by atoms with van der Waals surface area (Å²) >= 11 is 0. The zero-order valence-electron chi connectivity index (χ0n) is 26.0. The van der Waals surface area contributed by atoms with E-state index >= 15 is 0 Å². The molecule has 10 nitrogen and oxygen atoms in total. The molecule has 3 heterocycles. The van der Waals surface area contributed by atoms with Gasteiger partial charge >= 0.3 is 6.03 Å². The van der Waals surface area contributed by atoms with Crippen molar-refractivity contribution in [3.05, 3.63) is 48.2 Å². The van der Waals surface area contributed by atoms with Crippen LogP contribution in [0.25, 0.3) is 10.9 Å². The standard InChI is InChI=1S/C33H40F2N6O4/c1-23(2)45-26-7-5-25(6-8-26)38-32(42)41-16-14-40(15-17-41)31-24(21-36)22-37-28-20-30(29(43-3)19-27(28)31)44-18-4-11-39-12-9-33(34,35)10-13-39/h5-8,19-20,22-23H,4,9-18H2,1-3H3,(H,38,42). The number of methoxy groups -OCH3 is 1. The highest BCUT2D eigenvalue weighted by Crippen LogP contribution is 2.38. The Bertz CT molecular complexity index is 1510. The molecule has 2 aliphatic heterocycles. The van der Waals surface area contributed by atoms with Gasteiger partial charge in [-0.3, -0.25) is 4.98 Å². The Kier molecular flexibility index (Phi) is 10.1. The lowest BCUT2D eigenvalue weighted by Crippen LogP contribution is -2.50. The first-order chi connectivity index (χ1) is 21.7. The molecule has 0 radical (unpaired) electrons. The van der Waals surface area contributed by atoms with Crippen LogP contribution in [0.4, 0.5) is 25.0 Å². The number of nitrogens with one attached hydrogen (secondary N) is 1. The molecule has 0 bridgehead atoms. The van der Waals surface area contributed by atoms with Crippen LogP contribution in [0.5, 0.6) is 17.2 Å². The number of hydrogen-bond acceptors (Lipinski definition) is 8. The molecule has 3 aromatic rings. The van der Waals surface area contributed by atoms with E-state index in [0.29, 0.717) is 87.1 Å². The van der Waals surface area contributed by atoms with Crippen LogP contribution in [0.1, 0.15) is 38.7 Å². The molecule has 1 N–H and O–H groups in total. The molecule has 12 heteroatoms. The maximum absolute atomic E-state index is 13.4. The van der Waals surface area contributed by atoms with Crippen LogP contribution in [0.3, 0.4) is 0 Å². The SMILES string of the molecule is COc1cc2c(N3CCN(C(=O)Nc4ccc(OC(C)C)cc4)CC3)c(C#N)cnc2cc1OCCCN1CCC(F)(F)CC1. The second-order valence-electron chi connectivity index (χ2n) is 11.6. The Labute approximate surface area is 262 Å². The highest BCUT2D eigenvalue weighted by atomic mass is 19.3. The number of piperazine rings is 1. The van der Waals surface area contributed by atoms with Gasteiger partial charge in [-0.05, 0) is 50.6 Å². The van der Waals surface area contributed by atoms with E-state index in [1.54, 1.807) is 24.3 Å². The predicted molar refractivity (Wildman–Crippen MR) is 169 cm³/mol. The van der Waals surface area contributed by atoms with Gasteiger partial charge in [0.15, 0.2) is 11.5 Å². The average molecular weight is 623 g/mol. The van der Waals surface area contributed by atoms with Crippen molar-refractivity contribution in [2.45, 2.75) is 45.1 Å². The number of piperidine rings is 1. The zero-order valence-corrected chi connectivity index (χ0v) is 26.0. The second-order valence-corrected chi connectivity index (χ2v) is 11.6. The predicted octanol–water partition coefficient (Wildman–Crippen LogP) is 5.76. The molecule has 2 aromatic carbocycles. The lowest BCUT2D eigenvalue weighted by Gasteiger charge is -2.37. The van der Waals surface area contributed by atoms with Crippen molar-refractivity contribution in [2.75, 3.05) is 69.7 Å². The number of hydrogen-bond donors (Lipinski definition) is 1. The molecule has 5 rings (SSSR count). The van der Waals surface area contributed by atoms with Gasteiger partial charge < -0.3 is 34.2 Å². The first kappa shape index (κ1) is 32.0. The fourth-order valence-corrected chi connectivity index (χ4v) is 5.68. The van der Waals surface area contributed by atoms with E-state index in [1.807, 2.05) is 49.1 Å². The van der Waals surface area contributed by atoms with Crippen LogP contribution < -0.4 is 24.4 Å². The molecule has 0 aliphatic carbocycles. The number of amides is 2. The van der Waals surface area contributed by atoms with E-state index in [1.165, 1.54) is 0 Å². The van der Waals surface area contributed by atoms with Crippen molar-refractivity contribution >= 4 is 28.3 Å². The number of ether oxygens (including phenoxy) is 3. The summed E-state index contributed by atoms with van der Waals surface area (Å²) < 4.78 is 44.3. The molecule has 2 amide bonds. The minimum Gasteiger partial charge on any atom is -0.493 e. The molecule has 1 aromatic heterocycles. The number of anilines is 2. The third kappa shape index (κ3) is 8.02. The molecular formula is C33H40F2N6O4. The highest BCUT2D eigenvalue weighted by Gasteiger charge is 2.33. The number of likely N-dealkylation sites (tertiary alicyclic amines) is 1. The van der Waals surface area contributed by atoms with Gasteiger partial charge in [-0.2, -0.15) is 5.26 Å². The summed E-state index contributed by atoms with van der Waals surface area (Å²) in [7, 11) is 1.56. The number of carbonyl (C=O) groups is 1. The molecule has 240 valence electrons. The van der Waals surface area contributed by atoms with Gasteiger partial charge in [0.1, 0.15) is 11.8 Å². The normalized spacial score (nSPS) is 16.8. The fraction of sp³-hybridized carbons (Fsp3) is 0.485. The second kappa shape index (κ2) is 14.2. The number of urea groups is 1. The molecule has 45 heavy (non-hydrogen) atoms. The van der Waals surface area contributed by atoms with Gasteiger partial charge in [-0.1, -0.05) is 0 Å². The topological polar surface area (TPSA) is 103 Å². The lowest BCUT2D eigenvalue weighted by molar-refractivity contribution is -0.0554. The number of carbonyl (C=O) groups excluding carboxylic acids is 1. The summed E-state index contributed by atoms with van der Waals surface area (Å²) in [5.74, 6) is -0.763. The quantitative estimate of drug-likeness (QED) is 0.285. The molecule has 0 saturated carbocycles. The van der Waals surface area contributed by atoms with Crippen molar-refractivity contribution in [3.63, 3.8) is 0 Å². The maximum Gasteiger partial charge on any atom is 0.321 e. The first-order valence-electron chi connectivity index (χ1n) is 15.4. The van der Waals surface area contributed by atoms with E-state index in [-0.39, 0.29) is 25.0 Å². The zero-order chi connectivity index (χ0) is 32.0. The Hall–Kier alpha value is -4.37. The van der Waals surface area contributed by atoms with Crippen LogP contribution in [-0.2, 0) is 0 Å². The van der Waals surface area contributed by atoms with E-state index in [9.17, 15) is 18.8 Å². The number of halogens is 2. The van der Waals surface area contributed by atoms with Gasteiger partial charge in [-0.25, -0.2) is 13.6 Å². The molecule has 0 unspecified atom stereocenters. The Morgan fingerprint density at radius 1 is 1.07 bits per heavy atom. The number of fused-ring (bicyclic) bond motifs is 1. The minimum atomic E-state index is -2.55. The van der Waals surface area contributed by atoms with Gasteiger partial charge in [0.25, 0.3) is 5.92 Å². The summed E-state index contributed by atoms with van der Waals surface area (Å²) in [5.41, 5.74) is 2.52.